The third-order valence-electron chi connectivity index (χ3n) is 5.32. The summed E-state index contributed by atoms with van der Waals surface area (Å²) in [4.78, 5) is 10.2. The van der Waals surface area contributed by atoms with E-state index in [0.717, 1.165) is 25.1 Å². The zero-order valence-corrected chi connectivity index (χ0v) is 20.0. The second-order valence-electron chi connectivity index (χ2n) is 9.10. The summed E-state index contributed by atoms with van der Waals surface area (Å²) in [5.41, 5.74) is -0.375. The van der Waals surface area contributed by atoms with Crippen molar-refractivity contribution in [2.75, 3.05) is 32.6 Å². The molecule has 3 rings (SSSR count). The SMILES string of the molecule is C[C@@H](Nc1c(-c2c(F)cc(OCCCN(C)C)cc2F)c(Cl)nc2ncnn12)C(C)(C)C. The number of halogens is 3. The quantitative estimate of drug-likeness (QED) is 0.376. The van der Waals surface area contributed by atoms with Gasteiger partial charge in [0.15, 0.2) is 0 Å². The van der Waals surface area contributed by atoms with Gasteiger partial charge >= 0.3 is 0 Å². The van der Waals surface area contributed by atoms with Crippen LogP contribution in [0.15, 0.2) is 18.5 Å². The van der Waals surface area contributed by atoms with Gasteiger partial charge in [-0.2, -0.15) is 19.6 Å². The van der Waals surface area contributed by atoms with Crippen LogP contribution in [0, 0.1) is 17.0 Å². The highest BCUT2D eigenvalue weighted by atomic mass is 35.5. The van der Waals surface area contributed by atoms with Crippen molar-refractivity contribution in [2.24, 2.45) is 5.41 Å². The molecule has 10 heteroatoms. The average molecular weight is 467 g/mol. The summed E-state index contributed by atoms with van der Waals surface area (Å²) < 4.78 is 37.3. The lowest BCUT2D eigenvalue weighted by atomic mass is 9.88. The first kappa shape index (κ1) is 24.1. The minimum absolute atomic E-state index is 0.0773. The monoisotopic (exact) mass is 466 g/mol. The second-order valence-corrected chi connectivity index (χ2v) is 9.46. The Kier molecular flexibility index (Phi) is 7.19. The predicted octanol–water partition coefficient (Wildman–Crippen LogP) is 4.90. The summed E-state index contributed by atoms with van der Waals surface area (Å²) in [6.07, 6.45) is 2.04. The largest absolute Gasteiger partial charge is 0.493 e. The van der Waals surface area contributed by atoms with Gasteiger partial charge in [0.25, 0.3) is 5.78 Å². The molecule has 0 fully saturated rings. The molecule has 1 N–H and O–H groups in total. The van der Waals surface area contributed by atoms with Crippen molar-refractivity contribution in [1.29, 1.82) is 0 Å². The number of nitrogens with zero attached hydrogens (tertiary/aromatic N) is 5. The topological polar surface area (TPSA) is 67.6 Å². The second kappa shape index (κ2) is 9.54. The van der Waals surface area contributed by atoms with E-state index in [1.165, 1.54) is 10.8 Å². The van der Waals surface area contributed by atoms with Crippen LogP contribution in [0.25, 0.3) is 16.9 Å². The molecule has 0 aliphatic carbocycles. The molecule has 0 radical (unpaired) electrons. The molecule has 3 aromatic rings. The molecule has 0 amide bonds. The lowest BCUT2D eigenvalue weighted by Gasteiger charge is -2.30. The third-order valence-corrected chi connectivity index (χ3v) is 5.59. The van der Waals surface area contributed by atoms with E-state index in [-0.39, 0.29) is 39.3 Å². The maximum Gasteiger partial charge on any atom is 0.255 e. The van der Waals surface area contributed by atoms with Crippen molar-refractivity contribution in [3.63, 3.8) is 0 Å². The highest BCUT2D eigenvalue weighted by Gasteiger charge is 2.28. The van der Waals surface area contributed by atoms with Gasteiger partial charge in [0.1, 0.15) is 34.7 Å². The fourth-order valence-electron chi connectivity index (χ4n) is 3.04. The molecule has 0 saturated heterocycles. The van der Waals surface area contributed by atoms with Crippen molar-refractivity contribution in [1.82, 2.24) is 24.5 Å². The van der Waals surface area contributed by atoms with Gasteiger partial charge in [0, 0.05) is 24.7 Å². The van der Waals surface area contributed by atoms with E-state index in [1.807, 2.05) is 25.9 Å². The normalized spacial score (nSPS) is 13.1. The van der Waals surface area contributed by atoms with Gasteiger partial charge < -0.3 is 15.0 Å². The molecular formula is C22H29ClF2N6O. The van der Waals surface area contributed by atoms with Crippen molar-refractivity contribution in [3.8, 4) is 16.9 Å². The van der Waals surface area contributed by atoms with Crippen LogP contribution in [0.1, 0.15) is 34.1 Å². The Morgan fingerprint density at radius 2 is 1.84 bits per heavy atom. The number of fused-ring (bicyclic) bond motifs is 1. The Morgan fingerprint density at radius 3 is 2.44 bits per heavy atom. The molecule has 32 heavy (non-hydrogen) atoms. The number of hydrogen-bond acceptors (Lipinski definition) is 6. The van der Waals surface area contributed by atoms with Crippen LogP contribution in [0.2, 0.25) is 5.15 Å². The Hall–Kier alpha value is -2.52. The maximum absolute atomic E-state index is 15.2. The third kappa shape index (κ3) is 5.27. The van der Waals surface area contributed by atoms with E-state index in [0.29, 0.717) is 12.4 Å². The van der Waals surface area contributed by atoms with E-state index in [2.05, 4.69) is 41.2 Å². The summed E-state index contributed by atoms with van der Waals surface area (Å²) in [6.45, 7) is 9.28. The molecule has 0 spiro atoms. The van der Waals surface area contributed by atoms with Crippen molar-refractivity contribution >= 4 is 23.2 Å². The minimum atomic E-state index is -0.803. The van der Waals surface area contributed by atoms with Gasteiger partial charge in [-0.25, -0.2) is 8.78 Å². The Labute approximate surface area is 191 Å². The van der Waals surface area contributed by atoms with Crippen LogP contribution in [-0.2, 0) is 0 Å². The molecule has 1 atom stereocenters. The van der Waals surface area contributed by atoms with E-state index >= 15 is 8.78 Å². The average Bonchev–Trinajstić information content (AvgIpc) is 3.13. The van der Waals surface area contributed by atoms with Crippen LogP contribution in [-0.4, -0.2) is 57.8 Å². The van der Waals surface area contributed by atoms with Crippen LogP contribution in [0.3, 0.4) is 0 Å². The van der Waals surface area contributed by atoms with E-state index < -0.39 is 11.6 Å². The number of rotatable bonds is 8. The predicted molar refractivity (Wildman–Crippen MR) is 122 cm³/mol. The lowest BCUT2D eigenvalue weighted by molar-refractivity contribution is 0.279. The molecular weight excluding hydrogens is 438 g/mol. The molecule has 2 heterocycles. The summed E-state index contributed by atoms with van der Waals surface area (Å²) in [7, 11) is 3.90. The summed E-state index contributed by atoms with van der Waals surface area (Å²) >= 11 is 6.41. The van der Waals surface area contributed by atoms with Crippen LogP contribution >= 0.6 is 11.6 Å². The zero-order chi connectivity index (χ0) is 23.6. The highest BCUT2D eigenvalue weighted by Crippen LogP contribution is 2.39. The Morgan fingerprint density at radius 1 is 1.19 bits per heavy atom. The number of ether oxygens (including phenoxy) is 1. The van der Waals surface area contributed by atoms with E-state index in [4.69, 9.17) is 16.3 Å². The van der Waals surface area contributed by atoms with Crippen LogP contribution in [0.5, 0.6) is 5.75 Å². The summed E-state index contributed by atoms with van der Waals surface area (Å²) in [5.74, 6) is -0.947. The number of nitrogens with one attached hydrogen (secondary N) is 1. The number of benzene rings is 1. The van der Waals surface area contributed by atoms with E-state index in [9.17, 15) is 0 Å². The van der Waals surface area contributed by atoms with Gasteiger partial charge in [-0.15, -0.1) is 0 Å². The van der Waals surface area contributed by atoms with Crippen molar-refractivity contribution in [3.05, 3.63) is 35.2 Å². The van der Waals surface area contributed by atoms with Crippen molar-refractivity contribution < 1.29 is 13.5 Å². The first-order valence-corrected chi connectivity index (χ1v) is 10.8. The van der Waals surface area contributed by atoms with Crippen molar-refractivity contribution in [2.45, 2.75) is 40.2 Å². The van der Waals surface area contributed by atoms with E-state index in [1.54, 1.807) is 0 Å². The minimum Gasteiger partial charge on any atom is -0.493 e. The number of hydrogen-bond donors (Lipinski definition) is 1. The van der Waals surface area contributed by atoms with Gasteiger partial charge in [0.05, 0.1) is 17.7 Å². The molecule has 0 unspecified atom stereocenters. The van der Waals surface area contributed by atoms with Crippen LogP contribution < -0.4 is 10.1 Å². The molecule has 174 valence electrons. The molecule has 1 aromatic carbocycles. The smallest absolute Gasteiger partial charge is 0.255 e. The van der Waals surface area contributed by atoms with Gasteiger partial charge in [-0.3, -0.25) is 0 Å². The van der Waals surface area contributed by atoms with Crippen LogP contribution in [0.4, 0.5) is 14.6 Å². The highest BCUT2D eigenvalue weighted by molar-refractivity contribution is 6.33. The molecule has 7 nitrogen and oxygen atoms in total. The van der Waals surface area contributed by atoms with Gasteiger partial charge in [0.2, 0.25) is 0 Å². The first-order valence-electron chi connectivity index (χ1n) is 10.4. The lowest BCUT2D eigenvalue weighted by Crippen LogP contribution is -2.32. The van der Waals surface area contributed by atoms with Gasteiger partial charge in [-0.05, 0) is 32.9 Å². The Bertz CT molecular complexity index is 1070. The maximum atomic E-state index is 15.2. The molecule has 0 aliphatic heterocycles. The number of anilines is 1. The molecule has 0 aliphatic rings. The first-order chi connectivity index (χ1) is 15.0. The molecule has 0 saturated carbocycles. The fraction of sp³-hybridized carbons (Fsp3) is 0.500. The molecule has 2 aromatic heterocycles. The zero-order valence-electron chi connectivity index (χ0n) is 19.2. The Balaban J connectivity index is 2.05. The standard InChI is InChI=1S/C22H29ClF2N6O/c1-13(22(2,3)4)28-20-18(19(23)29-21-26-12-27-31(20)21)17-15(24)10-14(11-16(17)25)32-9-7-8-30(5)6/h10-13,28H,7-9H2,1-6H3/t13-/m1/s1. The summed E-state index contributed by atoms with van der Waals surface area (Å²) in [6, 6.07) is 2.23. The van der Waals surface area contributed by atoms with Gasteiger partial charge in [-0.1, -0.05) is 32.4 Å². The molecule has 0 bridgehead atoms. The summed E-state index contributed by atoms with van der Waals surface area (Å²) in [5, 5.41) is 7.40. The number of aromatic nitrogens is 4. The fourth-order valence-corrected chi connectivity index (χ4v) is 3.30.